The first-order chi connectivity index (χ1) is 15.6. The normalized spacial score (nSPS) is 22.7. The molecular formula is C23H26Cl2N6O2. The summed E-state index contributed by atoms with van der Waals surface area (Å²) in [6, 6.07) is 8.19. The molecule has 5 heterocycles. The molecule has 10 heteroatoms. The number of amides is 1. The van der Waals surface area contributed by atoms with E-state index in [0.717, 1.165) is 67.5 Å². The van der Waals surface area contributed by atoms with Gasteiger partial charge >= 0.3 is 0 Å². The van der Waals surface area contributed by atoms with Crippen LogP contribution in [0.25, 0.3) is 22.6 Å². The van der Waals surface area contributed by atoms with Crippen LogP contribution in [0.4, 0.5) is 5.82 Å². The summed E-state index contributed by atoms with van der Waals surface area (Å²) in [5.74, 6) is 2.63. The average Bonchev–Trinajstić information content (AvgIpc) is 3.52. The first kappa shape index (κ1) is 22.4. The maximum atomic E-state index is 12.1. The Kier molecular flexibility index (Phi) is 5.93. The Hall–Kier alpha value is -2.42. The number of hydrogen-bond donors (Lipinski definition) is 0. The maximum Gasteiger partial charge on any atom is 0.223 e. The van der Waals surface area contributed by atoms with Gasteiger partial charge in [0, 0.05) is 44.3 Å². The fourth-order valence-corrected chi connectivity index (χ4v) is 5.47. The lowest BCUT2D eigenvalue weighted by Crippen LogP contribution is -2.51. The first-order valence-corrected chi connectivity index (χ1v) is 11.6. The third kappa shape index (κ3) is 3.74. The van der Waals surface area contributed by atoms with E-state index in [0.29, 0.717) is 23.9 Å². The molecule has 3 saturated heterocycles. The molecule has 0 aliphatic carbocycles. The van der Waals surface area contributed by atoms with Gasteiger partial charge in [-0.25, -0.2) is 15.0 Å². The molecule has 1 unspecified atom stereocenters. The zero-order valence-electron chi connectivity index (χ0n) is 18.4. The molecule has 2 aromatic heterocycles. The number of hydrogen-bond acceptors (Lipinski definition) is 6. The van der Waals surface area contributed by atoms with Gasteiger partial charge < -0.3 is 19.1 Å². The molecule has 6 rings (SSSR count). The highest BCUT2D eigenvalue weighted by Crippen LogP contribution is 2.37. The molecule has 3 fully saturated rings. The van der Waals surface area contributed by atoms with E-state index in [2.05, 4.69) is 9.47 Å². The van der Waals surface area contributed by atoms with Crippen LogP contribution in [0.2, 0.25) is 5.02 Å². The van der Waals surface area contributed by atoms with Gasteiger partial charge in [-0.05, 0) is 31.9 Å². The lowest BCUT2D eigenvalue weighted by molar-refractivity contribution is -0.129. The Morgan fingerprint density at radius 2 is 1.94 bits per heavy atom. The van der Waals surface area contributed by atoms with E-state index in [1.807, 2.05) is 36.1 Å². The molecule has 1 aromatic carbocycles. The number of aromatic nitrogens is 4. The number of carbonyl (C=O) groups is 1. The van der Waals surface area contributed by atoms with Gasteiger partial charge in [0.25, 0.3) is 0 Å². The van der Waals surface area contributed by atoms with Crippen LogP contribution in [0.3, 0.4) is 0 Å². The number of ether oxygens (including phenoxy) is 1. The van der Waals surface area contributed by atoms with Crippen molar-refractivity contribution in [2.75, 3.05) is 37.7 Å². The van der Waals surface area contributed by atoms with Gasteiger partial charge in [0.2, 0.25) is 5.91 Å². The summed E-state index contributed by atoms with van der Waals surface area (Å²) >= 11 is 6.59. The second kappa shape index (κ2) is 8.74. The molecule has 0 saturated carbocycles. The zero-order chi connectivity index (χ0) is 21.8. The van der Waals surface area contributed by atoms with E-state index in [1.165, 1.54) is 0 Å². The predicted molar refractivity (Wildman–Crippen MR) is 129 cm³/mol. The van der Waals surface area contributed by atoms with Crippen molar-refractivity contribution >= 4 is 46.9 Å². The van der Waals surface area contributed by atoms with Crippen LogP contribution < -0.4 is 4.90 Å². The van der Waals surface area contributed by atoms with Crippen LogP contribution in [0.1, 0.15) is 31.1 Å². The Balaban J connectivity index is 0.00000228. The summed E-state index contributed by atoms with van der Waals surface area (Å²) in [7, 11) is 0. The van der Waals surface area contributed by atoms with Gasteiger partial charge in [0.05, 0.1) is 17.7 Å². The molecule has 8 nitrogen and oxygen atoms in total. The number of nitrogens with zero attached hydrogens (tertiary/aromatic N) is 6. The predicted octanol–water partition coefficient (Wildman–Crippen LogP) is 3.65. The molecule has 0 N–H and O–H groups in total. The third-order valence-corrected chi connectivity index (χ3v) is 7.14. The summed E-state index contributed by atoms with van der Waals surface area (Å²) in [6.07, 6.45) is 2.45. The highest BCUT2D eigenvalue weighted by atomic mass is 35.5. The summed E-state index contributed by atoms with van der Waals surface area (Å²) in [6.45, 7) is 5.52. The average molecular weight is 489 g/mol. The van der Waals surface area contributed by atoms with Crippen molar-refractivity contribution < 1.29 is 9.53 Å². The van der Waals surface area contributed by atoms with Crippen LogP contribution in [0, 0.1) is 6.92 Å². The highest BCUT2D eigenvalue weighted by Gasteiger charge is 2.37. The van der Waals surface area contributed by atoms with E-state index in [4.69, 9.17) is 31.3 Å². The minimum atomic E-state index is 0. The largest absolute Gasteiger partial charge is 0.379 e. The maximum absolute atomic E-state index is 12.1. The summed E-state index contributed by atoms with van der Waals surface area (Å²) in [5, 5.41) is 0.660. The summed E-state index contributed by atoms with van der Waals surface area (Å²) in [4.78, 5) is 31.2. The van der Waals surface area contributed by atoms with Crippen molar-refractivity contribution in [3.63, 3.8) is 0 Å². The van der Waals surface area contributed by atoms with Crippen LogP contribution >= 0.6 is 24.0 Å². The number of halogens is 2. The van der Waals surface area contributed by atoms with Crippen molar-refractivity contribution in [2.45, 2.75) is 38.3 Å². The molecule has 174 valence electrons. The molecule has 33 heavy (non-hydrogen) atoms. The lowest BCUT2D eigenvalue weighted by Gasteiger charge is -2.38. The number of carbonyl (C=O) groups excluding carboxylic acids is 1. The van der Waals surface area contributed by atoms with Gasteiger partial charge in [-0.15, -0.1) is 12.4 Å². The summed E-state index contributed by atoms with van der Waals surface area (Å²) < 4.78 is 7.90. The first-order valence-electron chi connectivity index (χ1n) is 11.2. The third-order valence-electron chi connectivity index (χ3n) is 6.81. The Bertz CT molecular complexity index is 1210. The monoisotopic (exact) mass is 488 g/mol. The van der Waals surface area contributed by atoms with E-state index >= 15 is 0 Å². The number of piperazine rings is 1. The van der Waals surface area contributed by atoms with Crippen molar-refractivity contribution in [1.82, 2.24) is 24.4 Å². The molecule has 0 spiro atoms. The minimum absolute atomic E-state index is 0. The van der Waals surface area contributed by atoms with E-state index < -0.39 is 0 Å². The fraction of sp³-hybridized carbons (Fsp3) is 0.478. The summed E-state index contributed by atoms with van der Waals surface area (Å²) in [5.41, 5.74) is 2.49. The number of fused-ring (bicyclic) bond motifs is 2. The molecule has 0 bridgehead atoms. The van der Waals surface area contributed by atoms with Crippen molar-refractivity contribution in [2.24, 2.45) is 0 Å². The smallest absolute Gasteiger partial charge is 0.223 e. The van der Waals surface area contributed by atoms with Crippen molar-refractivity contribution in [3.05, 3.63) is 35.1 Å². The van der Waals surface area contributed by atoms with E-state index in [-0.39, 0.29) is 30.4 Å². The topological polar surface area (TPSA) is 76.4 Å². The van der Waals surface area contributed by atoms with Gasteiger partial charge in [-0.3, -0.25) is 4.79 Å². The number of imidazole rings is 1. The van der Waals surface area contributed by atoms with Gasteiger partial charge in [-0.1, -0.05) is 23.7 Å². The van der Waals surface area contributed by atoms with Crippen LogP contribution in [-0.2, 0) is 9.53 Å². The van der Waals surface area contributed by atoms with Crippen molar-refractivity contribution in [1.29, 1.82) is 0 Å². The number of rotatable bonds is 3. The van der Waals surface area contributed by atoms with Gasteiger partial charge in [-0.2, -0.15) is 0 Å². The number of anilines is 1. The van der Waals surface area contributed by atoms with Crippen LogP contribution in [-0.4, -0.2) is 69.2 Å². The second-order valence-electron chi connectivity index (χ2n) is 8.79. The number of benzene rings is 1. The van der Waals surface area contributed by atoms with Crippen LogP contribution in [0.5, 0.6) is 0 Å². The van der Waals surface area contributed by atoms with Crippen LogP contribution in [0.15, 0.2) is 24.3 Å². The highest BCUT2D eigenvalue weighted by molar-refractivity contribution is 6.33. The Labute approximate surface area is 203 Å². The standard InChI is InChI=1S/C23H25ClN6O2.ClH/c1-14-25-22(28-9-10-29-15(12-28)6-7-19(29)31)20-23(26-14)30(16-8-11-32-13-16)21(27-20)17-4-2-3-5-18(17)24;/h2-5,15-16H,6-13H2,1H3;1H/t15?,16-;/m0./s1. The SMILES string of the molecule is Cc1nc(N2CCN3C(=O)CCC3C2)c2nc(-c3ccccc3Cl)n([C@H]3CCOC3)c2n1.Cl. The van der Waals surface area contributed by atoms with Gasteiger partial charge in [0.15, 0.2) is 17.0 Å². The number of aryl methyl sites for hydroxylation is 1. The van der Waals surface area contributed by atoms with E-state index in [9.17, 15) is 4.79 Å². The van der Waals surface area contributed by atoms with E-state index in [1.54, 1.807) is 0 Å². The molecule has 0 radical (unpaired) electrons. The molecule has 3 aromatic rings. The Morgan fingerprint density at radius 1 is 1.09 bits per heavy atom. The minimum Gasteiger partial charge on any atom is -0.379 e. The molecule has 3 aliphatic heterocycles. The van der Waals surface area contributed by atoms with Gasteiger partial charge in [0.1, 0.15) is 11.6 Å². The second-order valence-corrected chi connectivity index (χ2v) is 9.20. The molecule has 1 amide bonds. The Morgan fingerprint density at radius 3 is 2.73 bits per heavy atom. The fourth-order valence-electron chi connectivity index (χ4n) is 5.25. The lowest BCUT2D eigenvalue weighted by atomic mass is 10.1. The molecular weight excluding hydrogens is 463 g/mol. The van der Waals surface area contributed by atoms with Crippen molar-refractivity contribution in [3.8, 4) is 11.4 Å². The molecule has 2 atom stereocenters. The zero-order valence-corrected chi connectivity index (χ0v) is 20.0. The quantitative estimate of drug-likeness (QED) is 0.559. The molecule has 3 aliphatic rings.